The lowest BCUT2D eigenvalue weighted by Crippen LogP contribution is -2.37. The van der Waals surface area contributed by atoms with Crippen molar-refractivity contribution in [1.29, 1.82) is 0 Å². The molecule has 0 N–H and O–H groups in total. The quantitative estimate of drug-likeness (QED) is 0.0204. The lowest BCUT2D eigenvalue weighted by molar-refractivity contribution is -0.870. The summed E-state index contributed by atoms with van der Waals surface area (Å²) in [4.78, 5) is 37.4. The molecule has 0 aromatic heterocycles. The molecule has 0 spiro atoms. The smallest absolute Gasteiger partial charge is 0.306 e. The molecular formula is C40H78NO8P. The molecule has 0 saturated carbocycles. The summed E-state index contributed by atoms with van der Waals surface area (Å²) in [6, 6.07) is 0. The topological polar surface area (TPSA) is 111 Å². The third kappa shape index (κ3) is 36.5. The Morgan fingerprint density at radius 3 is 1.52 bits per heavy atom. The number of likely N-dealkylation sites (N-methyl/N-ethyl adjacent to an activating group) is 1. The number of phosphoric ester groups is 1. The highest BCUT2D eigenvalue weighted by Gasteiger charge is 2.21. The molecule has 0 aliphatic carbocycles. The van der Waals surface area contributed by atoms with Crippen molar-refractivity contribution in [2.24, 2.45) is 0 Å². The molecule has 0 radical (unpaired) electrons. The van der Waals surface area contributed by atoms with Gasteiger partial charge in [-0.3, -0.25) is 14.2 Å². The maximum Gasteiger partial charge on any atom is 0.306 e. The first-order valence-electron chi connectivity index (χ1n) is 20.4. The number of quaternary nitrogens is 1. The molecular weight excluding hydrogens is 653 g/mol. The van der Waals surface area contributed by atoms with E-state index in [9.17, 15) is 19.0 Å². The van der Waals surface area contributed by atoms with Gasteiger partial charge in [0.2, 0.25) is 0 Å². The van der Waals surface area contributed by atoms with Crippen LogP contribution in [-0.4, -0.2) is 70.0 Å². The van der Waals surface area contributed by atoms with Gasteiger partial charge in [-0.1, -0.05) is 142 Å². The van der Waals surface area contributed by atoms with Crippen LogP contribution in [0, 0.1) is 0 Å². The second-order valence-corrected chi connectivity index (χ2v) is 16.4. The molecule has 2 atom stereocenters. The first-order chi connectivity index (χ1) is 24.0. The van der Waals surface area contributed by atoms with Gasteiger partial charge in [-0.25, -0.2) is 0 Å². The van der Waals surface area contributed by atoms with Gasteiger partial charge in [0, 0.05) is 12.8 Å². The van der Waals surface area contributed by atoms with Crippen molar-refractivity contribution in [2.75, 3.05) is 47.5 Å². The molecule has 0 aromatic carbocycles. The molecule has 50 heavy (non-hydrogen) atoms. The van der Waals surface area contributed by atoms with Crippen LogP contribution in [0.25, 0.3) is 0 Å². The van der Waals surface area contributed by atoms with E-state index in [0.29, 0.717) is 17.4 Å². The number of hydrogen-bond acceptors (Lipinski definition) is 8. The van der Waals surface area contributed by atoms with E-state index in [1.54, 1.807) is 0 Å². The fourth-order valence-electron chi connectivity index (χ4n) is 5.53. The monoisotopic (exact) mass is 732 g/mol. The zero-order chi connectivity index (χ0) is 37.2. The summed E-state index contributed by atoms with van der Waals surface area (Å²) in [5.74, 6) is -0.839. The van der Waals surface area contributed by atoms with Crippen LogP contribution in [0.2, 0.25) is 0 Å². The Bertz CT molecular complexity index is 876. The number of carbonyl (C=O) groups is 2. The Balaban J connectivity index is 4.39. The molecule has 0 heterocycles. The van der Waals surface area contributed by atoms with Crippen LogP contribution >= 0.6 is 7.82 Å². The van der Waals surface area contributed by atoms with Crippen LogP contribution in [-0.2, 0) is 32.7 Å². The molecule has 0 aromatic rings. The average molecular weight is 732 g/mol. The van der Waals surface area contributed by atoms with Gasteiger partial charge in [0.15, 0.2) is 6.10 Å². The largest absolute Gasteiger partial charge is 0.756 e. The predicted molar refractivity (Wildman–Crippen MR) is 204 cm³/mol. The molecule has 1 unspecified atom stereocenters. The Labute approximate surface area is 307 Å². The highest BCUT2D eigenvalue weighted by atomic mass is 31.2. The maximum atomic E-state index is 12.6. The average Bonchev–Trinajstić information content (AvgIpc) is 3.06. The zero-order valence-electron chi connectivity index (χ0n) is 33.1. The van der Waals surface area contributed by atoms with Crippen molar-refractivity contribution in [3.8, 4) is 0 Å². The number of carbonyl (C=O) groups excluding carboxylic acids is 2. The summed E-state index contributed by atoms with van der Waals surface area (Å²) in [5.41, 5.74) is 0. The van der Waals surface area contributed by atoms with Crippen molar-refractivity contribution in [3.63, 3.8) is 0 Å². The molecule has 0 bridgehead atoms. The second-order valence-electron chi connectivity index (χ2n) is 15.0. The first-order valence-corrected chi connectivity index (χ1v) is 21.9. The van der Waals surface area contributed by atoms with E-state index >= 15 is 0 Å². The predicted octanol–water partition coefficient (Wildman–Crippen LogP) is 10.4. The van der Waals surface area contributed by atoms with Crippen molar-refractivity contribution >= 4 is 19.8 Å². The highest BCUT2D eigenvalue weighted by molar-refractivity contribution is 7.45. The minimum Gasteiger partial charge on any atom is -0.756 e. The minimum atomic E-state index is -4.61. The number of esters is 2. The van der Waals surface area contributed by atoms with Gasteiger partial charge in [-0.05, 0) is 38.5 Å². The highest BCUT2D eigenvalue weighted by Crippen LogP contribution is 2.38. The maximum absolute atomic E-state index is 12.6. The third-order valence-corrected chi connectivity index (χ3v) is 9.75. The van der Waals surface area contributed by atoms with Gasteiger partial charge in [0.25, 0.3) is 7.82 Å². The summed E-state index contributed by atoms with van der Waals surface area (Å²) in [5, 5.41) is 0. The fraction of sp³-hybridized carbons (Fsp3) is 0.900. The molecule has 0 fully saturated rings. The number of rotatable bonds is 37. The number of hydrogen-bond donors (Lipinski definition) is 0. The minimum absolute atomic E-state index is 0.0296. The molecule has 10 heteroatoms. The number of unbranched alkanes of at least 4 members (excludes halogenated alkanes) is 21. The number of nitrogens with zero attached hydrogens (tertiary/aromatic N) is 1. The van der Waals surface area contributed by atoms with Crippen molar-refractivity contribution in [1.82, 2.24) is 0 Å². The van der Waals surface area contributed by atoms with Gasteiger partial charge in [-0.15, -0.1) is 0 Å². The Morgan fingerprint density at radius 2 is 1.02 bits per heavy atom. The van der Waals surface area contributed by atoms with E-state index in [4.69, 9.17) is 18.5 Å². The van der Waals surface area contributed by atoms with E-state index in [1.165, 1.54) is 89.9 Å². The normalized spacial score (nSPS) is 13.8. The molecule has 0 saturated heterocycles. The van der Waals surface area contributed by atoms with Crippen LogP contribution in [0.1, 0.15) is 181 Å². The van der Waals surface area contributed by atoms with Crippen molar-refractivity contribution in [3.05, 3.63) is 12.2 Å². The SMILES string of the molecule is CCCCC/C=C/CCCCCCCC(=O)O[C@H](COC(=O)CCCCCCCCCCCCCCCC)COP(=O)([O-])OCC[N+](C)(C)C. The summed E-state index contributed by atoms with van der Waals surface area (Å²) in [6.07, 6.45) is 32.3. The van der Waals surface area contributed by atoms with Gasteiger partial charge >= 0.3 is 11.9 Å². The number of phosphoric acid groups is 1. The van der Waals surface area contributed by atoms with E-state index in [2.05, 4.69) is 26.0 Å². The van der Waals surface area contributed by atoms with Crippen LogP contribution in [0.5, 0.6) is 0 Å². The molecule has 0 amide bonds. The van der Waals surface area contributed by atoms with E-state index in [0.717, 1.165) is 57.8 Å². The molecule has 0 aliphatic rings. The Kier molecular flexibility index (Phi) is 32.7. The number of ether oxygens (including phenoxy) is 2. The van der Waals surface area contributed by atoms with Gasteiger partial charge < -0.3 is 27.9 Å². The van der Waals surface area contributed by atoms with Crippen molar-refractivity contribution in [2.45, 2.75) is 187 Å². The number of allylic oxidation sites excluding steroid dienone is 2. The van der Waals surface area contributed by atoms with Crippen LogP contribution in [0.4, 0.5) is 0 Å². The second kappa shape index (κ2) is 33.6. The Hall–Kier alpha value is -1.25. The first kappa shape index (κ1) is 48.8. The van der Waals surface area contributed by atoms with Crippen molar-refractivity contribution < 1.29 is 42.1 Å². The summed E-state index contributed by atoms with van der Waals surface area (Å²) >= 11 is 0. The van der Waals surface area contributed by atoms with Gasteiger partial charge in [-0.2, -0.15) is 0 Å². The molecule has 0 rings (SSSR count). The molecule has 296 valence electrons. The van der Waals surface area contributed by atoms with Gasteiger partial charge in [0.05, 0.1) is 27.7 Å². The van der Waals surface area contributed by atoms with Gasteiger partial charge in [0.1, 0.15) is 19.8 Å². The Morgan fingerprint density at radius 1 is 0.600 bits per heavy atom. The zero-order valence-corrected chi connectivity index (χ0v) is 34.0. The fourth-order valence-corrected chi connectivity index (χ4v) is 6.26. The molecule has 9 nitrogen and oxygen atoms in total. The van der Waals surface area contributed by atoms with Crippen LogP contribution < -0.4 is 4.89 Å². The van der Waals surface area contributed by atoms with E-state index in [-0.39, 0.29) is 32.0 Å². The summed E-state index contributed by atoms with van der Waals surface area (Å²) in [6.45, 7) is 4.19. The molecule has 0 aliphatic heterocycles. The van der Waals surface area contributed by atoms with E-state index < -0.39 is 26.5 Å². The summed E-state index contributed by atoms with van der Waals surface area (Å²) in [7, 11) is 1.17. The van der Waals surface area contributed by atoms with Crippen LogP contribution in [0.15, 0.2) is 12.2 Å². The lowest BCUT2D eigenvalue weighted by Gasteiger charge is -2.28. The summed E-state index contributed by atoms with van der Waals surface area (Å²) < 4.78 is 33.8. The van der Waals surface area contributed by atoms with Crippen LogP contribution in [0.3, 0.4) is 0 Å². The van der Waals surface area contributed by atoms with E-state index in [1.807, 2.05) is 21.1 Å². The lowest BCUT2D eigenvalue weighted by atomic mass is 10.0. The third-order valence-electron chi connectivity index (χ3n) is 8.79. The standard InChI is InChI=1S/C40H78NO8P/c1-6-8-10-12-14-16-18-20-21-23-24-26-28-30-32-39(42)46-36-38(37-48-50(44,45)47-35-34-41(3,4)5)49-40(43)33-31-29-27-25-22-19-17-15-13-11-9-7-2/h15,17,38H,6-14,16,18-37H2,1-5H3/b17-15+/t38-/m1/s1.